The van der Waals surface area contributed by atoms with Gasteiger partial charge >= 0.3 is 5.97 Å². The monoisotopic (exact) mass is 488 g/mol. The molecular formula is C32H40O4. The number of Topliss-reactive ketones (excluding diaryl/α,β-unsaturated/α-hetero) is 1. The molecule has 192 valence electrons. The van der Waals surface area contributed by atoms with E-state index in [1.54, 1.807) is 6.08 Å². The summed E-state index contributed by atoms with van der Waals surface area (Å²) in [6.45, 7) is 14.8. The normalized spacial score (nSPS) is 39.5. The second kappa shape index (κ2) is 8.83. The topological polar surface area (TPSA) is 52.6 Å². The number of fused-ring (bicyclic) bond motifs is 4. The maximum atomic E-state index is 14.6. The average molecular weight is 489 g/mol. The molecule has 0 bridgehead atoms. The molecule has 5 rings (SSSR count). The van der Waals surface area contributed by atoms with Crippen LogP contribution in [0.25, 0.3) is 0 Å². The summed E-state index contributed by atoms with van der Waals surface area (Å²) in [6.07, 6.45) is 10.4. The molecule has 1 spiro atoms. The number of hydrogen-bond donors (Lipinski definition) is 0. The molecule has 4 aliphatic rings. The summed E-state index contributed by atoms with van der Waals surface area (Å²) < 4.78 is 12.6. The van der Waals surface area contributed by atoms with E-state index in [2.05, 4.69) is 58.6 Å². The summed E-state index contributed by atoms with van der Waals surface area (Å²) in [7, 11) is 0. The number of ketones is 1. The van der Waals surface area contributed by atoms with Crippen molar-refractivity contribution in [1.82, 2.24) is 0 Å². The molecule has 2 heterocycles. The molecule has 4 nitrogen and oxygen atoms in total. The summed E-state index contributed by atoms with van der Waals surface area (Å²) in [4.78, 5) is 28.0. The lowest BCUT2D eigenvalue weighted by atomic mass is 9.42. The summed E-state index contributed by atoms with van der Waals surface area (Å²) in [5, 5.41) is 0. The van der Waals surface area contributed by atoms with Crippen LogP contribution in [0.4, 0.5) is 0 Å². The van der Waals surface area contributed by atoms with Gasteiger partial charge in [-0.1, -0.05) is 73.6 Å². The Morgan fingerprint density at radius 2 is 1.92 bits per heavy atom. The van der Waals surface area contributed by atoms with E-state index in [-0.39, 0.29) is 30.1 Å². The van der Waals surface area contributed by atoms with Gasteiger partial charge in [-0.15, -0.1) is 6.58 Å². The van der Waals surface area contributed by atoms with Crippen molar-refractivity contribution in [1.29, 1.82) is 0 Å². The van der Waals surface area contributed by atoms with Crippen molar-refractivity contribution in [2.75, 3.05) is 6.61 Å². The van der Waals surface area contributed by atoms with Gasteiger partial charge < -0.3 is 9.47 Å². The van der Waals surface area contributed by atoms with Crippen molar-refractivity contribution in [2.24, 2.45) is 35.0 Å². The van der Waals surface area contributed by atoms with Crippen LogP contribution in [0.1, 0.15) is 65.9 Å². The van der Waals surface area contributed by atoms with Crippen molar-refractivity contribution in [2.45, 2.75) is 71.5 Å². The highest BCUT2D eigenvalue weighted by Gasteiger charge is 2.83. The van der Waals surface area contributed by atoms with E-state index in [4.69, 9.17) is 9.47 Å². The number of benzene rings is 1. The molecule has 0 aromatic heterocycles. The average Bonchev–Trinajstić information content (AvgIpc) is 3.26. The van der Waals surface area contributed by atoms with Gasteiger partial charge in [0.1, 0.15) is 12.2 Å². The van der Waals surface area contributed by atoms with Crippen LogP contribution in [0.15, 0.2) is 66.3 Å². The zero-order valence-electron chi connectivity index (χ0n) is 22.4. The van der Waals surface area contributed by atoms with E-state index in [9.17, 15) is 9.59 Å². The zero-order chi connectivity index (χ0) is 25.9. The lowest BCUT2D eigenvalue weighted by Gasteiger charge is -2.62. The number of rotatable bonds is 7. The van der Waals surface area contributed by atoms with Crippen LogP contribution in [0.3, 0.4) is 0 Å². The standard InChI is InChI=1S/C32H40O4/c1-7-22-17-18-24(21(5)14-12-13-20(3)4)25-26(22)31(23-15-10-9-11-16-23)27(25)28(33)32(36-31)29(34)35-19-30(32,6)8-2/h8-11,13,15-17,21,24-27H,2,7,12,14,18-19H2,1,3-6H3/t21-,24+,25+,26-,27+,30+,31+,32+/m1/s1. The van der Waals surface area contributed by atoms with Crippen molar-refractivity contribution in [3.63, 3.8) is 0 Å². The van der Waals surface area contributed by atoms with Crippen LogP contribution in [0.2, 0.25) is 0 Å². The van der Waals surface area contributed by atoms with Crippen LogP contribution >= 0.6 is 0 Å². The van der Waals surface area contributed by atoms with E-state index < -0.39 is 22.6 Å². The Bertz CT molecular complexity index is 1130. The molecule has 0 amide bonds. The fourth-order valence-corrected chi connectivity index (χ4v) is 7.78. The molecule has 1 aromatic carbocycles. The Morgan fingerprint density at radius 3 is 2.56 bits per heavy atom. The van der Waals surface area contributed by atoms with Gasteiger partial charge in [0, 0.05) is 5.92 Å². The summed E-state index contributed by atoms with van der Waals surface area (Å²) in [5.41, 5.74) is 0.296. The molecule has 0 unspecified atom stereocenters. The number of hydrogen-bond acceptors (Lipinski definition) is 4. The maximum Gasteiger partial charge on any atom is 0.347 e. The fraction of sp³-hybridized carbons (Fsp3) is 0.562. The minimum Gasteiger partial charge on any atom is -0.462 e. The van der Waals surface area contributed by atoms with Crippen LogP contribution < -0.4 is 0 Å². The molecule has 2 saturated heterocycles. The molecule has 36 heavy (non-hydrogen) atoms. The molecule has 2 aliphatic heterocycles. The fourth-order valence-electron chi connectivity index (χ4n) is 7.78. The number of cyclic esters (lactones) is 1. The van der Waals surface area contributed by atoms with Gasteiger partial charge in [0.05, 0.1) is 11.3 Å². The number of allylic oxidation sites excluding steroid dienone is 3. The van der Waals surface area contributed by atoms with Crippen molar-refractivity contribution < 1.29 is 19.1 Å². The summed E-state index contributed by atoms with van der Waals surface area (Å²) >= 11 is 0. The summed E-state index contributed by atoms with van der Waals surface area (Å²) in [6, 6.07) is 10.1. The molecule has 2 aliphatic carbocycles. The zero-order valence-corrected chi connectivity index (χ0v) is 22.4. The first-order chi connectivity index (χ1) is 17.2. The second-order valence-corrected chi connectivity index (χ2v) is 11.9. The quantitative estimate of drug-likeness (QED) is 0.247. The van der Waals surface area contributed by atoms with Crippen molar-refractivity contribution in [3.8, 4) is 0 Å². The van der Waals surface area contributed by atoms with Gasteiger partial charge in [0.25, 0.3) is 0 Å². The molecule has 1 saturated carbocycles. The van der Waals surface area contributed by atoms with Crippen LogP contribution in [-0.4, -0.2) is 24.0 Å². The van der Waals surface area contributed by atoms with Crippen LogP contribution in [-0.2, 0) is 24.7 Å². The van der Waals surface area contributed by atoms with Gasteiger partial charge in [-0.2, -0.15) is 0 Å². The SMILES string of the molecule is C=C[C@@]1(C)COC(=O)[C@]12O[C@]1(c3ccccc3)[C@H](C2=O)[C@H]2[C@H]([C@H](C)CCC=C(C)C)CC=C(CC)[C@H]21. The number of esters is 1. The lowest BCUT2D eigenvalue weighted by molar-refractivity contribution is -0.235. The highest BCUT2D eigenvalue weighted by molar-refractivity contribution is 6.13. The maximum absolute atomic E-state index is 14.6. The first kappa shape index (κ1) is 25.2. The van der Waals surface area contributed by atoms with Crippen LogP contribution in [0.5, 0.6) is 0 Å². The number of ether oxygens (including phenoxy) is 2. The van der Waals surface area contributed by atoms with E-state index in [0.717, 1.165) is 31.2 Å². The van der Waals surface area contributed by atoms with Gasteiger partial charge in [-0.05, 0) is 69.8 Å². The second-order valence-electron chi connectivity index (χ2n) is 11.9. The predicted molar refractivity (Wildman–Crippen MR) is 141 cm³/mol. The van der Waals surface area contributed by atoms with E-state index >= 15 is 0 Å². The Labute approximate surface area is 215 Å². The molecular weight excluding hydrogens is 448 g/mol. The van der Waals surface area contributed by atoms with Gasteiger partial charge in [0.2, 0.25) is 5.60 Å². The highest BCUT2D eigenvalue weighted by Crippen LogP contribution is 2.73. The smallest absolute Gasteiger partial charge is 0.347 e. The minimum absolute atomic E-state index is 0.0744. The third-order valence-corrected chi connectivity index (χ3v) is 9.78. The summed E-state index contributed by atoms with van der Waals surface area (Å²) in [5.74, 6) is 0.0328. The first-order valence-electron chi connectivity index (χ1n) is 13.6. The minimum atomic E-state index is -1.64. The van der Waals surface area contributed by atoms with Crippen molar-refractivity contribution >= 4 is 11.8 Å². The number of carbonyl (C=O) groups is 2. The molecule has 0 N–H and O–H groups in total. The molecule has 1 aromatic rings. The molecule has 0 radical (unpaired) electrons. The lowest BCUT2D eigenvalue weighted by Crippen LogP contribution is -2.64. The Kier molecular flexibility index (Phi) is 6.18. The Morgan fingerprint density at radius 1 is 1.19 bits per heavy atom. The predicted octanol–water partition coefficient (Wildman–Crippen LogP) is 6.57. The van der Waals surface area contributed by atoms with Gasteiger partial charge in [-0.25, -0.2) is 4.79 Å². The largest absolute Gasteiger partial charge is 0.462 e. The van der Waals surface area contributed by atoms with E-state index in [1.807, 2.05) is 25.1 Å². The third kappa shape index (κ3) is 3.16. The highest BCUT2D eigenvalue weighted by atomic mass is 16.6. The first-order valence-corrected chi connectivity index (χ1v) is 13.6. The molecule has 4 heteroatoms. The molecule has 8 atom stereocenters. The van der Waals surface area contributed by atoms with Crippen molar-refractivity contribution in [3.05, 3.63) is 71.8 Å². The van der Waals surface area contributed by atoms with Crippen LogP contribution in [0, 0.1) is 35.0 Å². The molecule has 3 fully saturated rings. The Hall–Kier alpha value is -2.46. The van der Waals surface area contributed by atoms with E-state index in [0.29, 0.717) is 11.8 Å². The Balaban J connectivity index is 1.64. The third-order valence-electron chi connectivity index (χ3n) is 9.78. The number of carbonyl (C=O) groups excluding carboxylic acids is 2. The van der Waals surface area contributed by atoms with Gasteiger partial charge in [0.15, 0.2) is 5.78 Å². The van der Waals surface area contributed by atoms with Gasteiger partial charge in [-0.3, -0.25) is 4.79 Å². The van der Waals surface area contributed by atoms with E-state index in [1.165, 1.54) is 11.1 Å².